The maximum Gasteiger partial charge on any atom is 0.0571 e. The summed E-state index contributed by atoms with van der Waals surface area (Å²) in [6, 6.07) is 53.7. The van der Waals surface area contributed by atoms with Crippen LogP contribution in [0.2, 0.25) is 0 Å². The van der Waals surface area contributed by atoms with Crippen LogP contribution < -0.4 is 4.90 Å². The Kier molecular flexibility index (Phi) is 7.41. The highest BCUT2D eigenvalue weighted by atomic mass is 15.1. The van der Waals surface area contributed by atoms with Crippen molar-refractivity contribution in [1.82, 2.24) is 19.5 Å². The highest BCUT2D eigenvalue weighted by Gasteiger charge is 2.17. The third-order valence-electron chi connectivity index (χ3n) is 9.26. The fourth-order valence-corrected chi connectivity index (χ4v) is 6.89. The largest absolute Gasteiger partial charge is 0.310 e. The fraction of sp³-hybridized carbons (Fsp3) is 0. The molecule has 9 aromatic rings. The number of para-hydroxylation sites is 2. The summed E-state index contributed by atoms with van der Waals surface area (Å²) in [7, 11) is 0. The number of rotatable bonds is 7. The first-order valence-corrected chi connectivity index (χ1v) is 16.7. The first kappa shape index (κ1) is 29.3. The monoisotopic (exact) mass is 641 g/mol. The lowest BCUT2D eigenvalue weighted by Crippen LogP contribution is -2.09. The molecule has 4 heterocycles. The molecule has 236 valence electrons. The van der Waals surface area contributed by atoms with Gasteiger partial charge in [-0.15, -0.1) is 0 Å². The van der Waals surface area contributed by atoms with Gasteiger partial charge in [0.1, 0.15) is 0 Å². The molecule has 0 aliphatic heterocycles. The van der Waals surface area contributed by atoms with Crippen molar-refractivity contribution in [3.8, 4) is 39.1 Å². The number of hydrogen-bond donors (Lipinski definition) is 0. The Labute approximate surface area is 290 Å². The van der Waals surface area contributed by atoms with E-state index in [1.807, 2.05) is 37.2 Å². The first-order valence-electron chi connectivity index (χ1n) is 16.7. The van der Waals surface area contributed by atoms with E-state index in [2.05, 4.69) is 176 Å². The lowest BCUT2D eigenvalue weighted by molar-refractivity contribution is 1.17. The summed E-state index contributed by atoms with van der Waals surface area (Å²) in [5.41, 5.74) is 13.5. The third-order valence-corrected chi connectivity index (χ3v) is 9.26. The zero-order chi connectivity index (χ0) is 33.3. The van der Waals surface area contributed by atoms with Crippen molar-refractivity contribution in [3.63, 3.8) is 0 Å². The molecule has 0 N–H and O–H groups in total. The van der Waals surface area contributed by atoms with Crippen LogP contribution in [0.3, 0.4) is 0 Å². The van der Waals surface area contributed by atoms with Crippen LogP contribution in [0, 0.1) is 0 Å². The molecule has 0 unspecified atom stereocenters. The van der Waals surface area contributed by atoms with Crippen LogP contribution in [0.1, 0.15) is 0 Å². The Bertz CT molecular complexity index is 2470. The summed E-state index contributed by atoms with van der Waals surface area (Å²) in [6.45, 7) is 0. The lowest BCUT2D eigenvalue weighted by Gasteiger charge is -2.25. The minimum absolute atomic E-state index is 1.09. The summed E-state index contributed by atoms with van der Waals surface area (Å²) in [4.78, 5) is 15.3. The fourth-order valence-electron chi connectivity index (χ4n) is 6.89. The molecule has 4 aromatic heterocycles. The van der Waals surface area contributed by atoms with E-state index in [-0.39, 0.29) is 0 Å². The predicted molar refractivity (Wildman–Crippen MR) is 205 cm³/mol. The molecule has 0 atom stereocenters. The van der Waals surface area contributed by atoms with E-state index in [1.165, 1.54) is 0 Å². The van der Waals surface area contributed by atoms with Gasteiger partial charge in [0.05, 0.1) is 11.0 Å². The van der Waals surface area contributed by atoms with E-state index in [1.54, 1.807) is 0 Å². The van der Waals surface area contributed by atoms with Gasteiger partial charge in [-0.2, -0.15) is 0 Å². The van der Waals surface area contributed by atoms with Crippen LogP contribution in [-0.2, 0) is 0 Å². The normalized spacial score (nSPS) is 11.2. The highest BCUT2D eigenvalue weighted by molar-refractivity contribution is 6.10. The van der Waals surface area contributed by atoms with Gasteiger partial charge in [-0.25, -0.2) is 0 Å². The van der Waals surface area contributed by atoms with Gasteiger partial charge >= 0.3 is 0 Å². The van der Waals surface area contributed by atoms with E-state index in [4.69, 9.17) is 0 Å². The van der Waals surface area contributed by atoms with Crippen LogP contribution in [0.15, 0.2) is 189 Å². The van der Waals surface area contributed by atoms with E-state index < -0.39 is 0 Å². The molecule has 0 bridgehead atoms. The van der Waals surface area contributed by atoms with Crippen LogP contribution in [0.5, 0.6) is 0 Å². The number of hydrogen-bond acceptors (Lipinski definition) is 4. The van der Waals surface area contributed by atoms with Crippen molar-refractivity contribution in [2.24, 2.45) is 0 Å². The van der Waals surface area contributed by atoms with Gasteiger partial charge in [0.25, 0.3) is 0 Å². The van der Waals surface area contributed by atoms with E-state index in [9.17, 15) is 0 Å². The summed E-state index contributed by atoms with van der Waals surface area (Å²) in [6.07, 6.45) is 11.2. The first-order chi connectivity index (χ1) is 24.8. The second-order valence-electron chi connectivity index (χ2n) is 12.3. The number of fused-ring (bicyclic) bond motifs is 3. The molecule has 0 aliphatic carbocycles. The molecule has 0 aliphatic rings. The molecule has 0 fully saturated rings. The summed E-state index contributed by atoms with van der Waals surface area (Å²) in [5.74, 6) is 0. The molecular weight excluding hydrogens is 611 g/mol. The van der Waals surface area contributed by atoms with Gasteiger partial charge in [0.2, 0.25) is 0 Å². The van der Waals surface area contributed by atoms with Crippen LogP contribution in [-0.4, -0.2) is 19.5 Å². The molecular formula is C45H31N5. The van der Waals surface area contributed by atoms with E-state index >= 15 is 0 Å². The topological polar surface area (TPSA) is 46.8 Å². The smallest absolute Gasteiger partial charge is 0.0571 e. The molecule has 5 heteroatoms. The second-order valence-corrected chi connectivity index (χ2v) is 12.3. The van der Waals surface area contributed by atoms with Crippen molar-refractivity contribution >= 4 is 38.9 Å². The van der Waals surface area contributed by atoms with Gasteiger partial charge in [-0.3, -0.25) is 15.0 Å². The van der Waals surface area contributed by atoms with Crippen molar-refractivity contribution in [1.29, 1.82) is 0 Å². The summed E-state index contributed by atoms with van der Waals surface area (Å²) >= 11 is 0. The highest BCUT2D eigenvalue weighted by Crippen LogP contribution is 2.40. The molecule has 9 rings (SSSR count). The molecule has 5 aromatic carbocycles. The number of pyridine rings is 3. The minimum atomic E-state index is 1.09. The standard InChI is InChI=1S/C45H31N5/c1-3-7-38(8-4-1)49(39-9-5-2-6-10-39)41-15-16-44-42(30-41)43-31-48-26-21-45(43)50(44)40-13-11-32(12-14-40)35-27-36(33-17-22-46-23-18-33)29-37(28-35)34-19-24-47-25-20-34/h1-31H. The predicted octanol–water partition coefficient (Wildman–Crippen LogP) is 11.4. The Morgan fingerprint density at radius 1 is 0.360 bits per heavy atom. The average Bonchev–Trinajstić information content (AvgIpc) is 3.53. The van der Waals surface area contributed by atoms with Crippen molar-refractivity contribution in [2.45, 2.75) is 0 Å². The Morgan fingerprint density at radius 2 is 0.860 bits per heavy atom. The van der Waals surface area contributed by atoms with Crippen LogP contribution in [0.4, 0.5) is 17.1 Å². The number of aromatic nitrogens is 4. The maximum absolute atomic E-state index is 4.55. The average molecular weight is 642 g/mol. The Morgan fingerprint density at radius 3 is 1.42 bits per heavy atom. The van der Waals surface area contributed by atoms with Crippen molar-refractivity contribution in [3.05, 3.63) is 189 Å². The second kappa shape index (κ2) is 12.6. The number of anilines is 3. The molecule has 0 spiro atoms. The van der Waals surface area contributed by atoms with E-state index in [0.29, 0.717) is 0 Å². The van der Waals surface area contributed by atoms with Gasteiger partial charge < -0.3 is 9.47 Å². The lowest BCUT2D eigenvalue weighted by atomic mass is 9.94. The van der Waals surface area contributed by atoms with Crippen LogP contribution in [0.25, 0.3) is 60.9 Å². The number of nitrogens with zero attached hydrogens (tertiary/aromatic N) is 5. The molecule has 0 saturated carbocycles. The molecule has 0 saturated heterocycles. The van der Waals surface area contributed by atoms with Crippen molar-refractivity contribution < 1.29 is 0 Å². The zero-order valence-corrected chi connectivity index (χ0v) is 27.1. The Hall–Kier alpha value is -6.85. The van der Waals surface area contributed by atoms with E-state index in [0.717, 1.165) is 77.9 Å². The van der Waals surface area contributed by atoms with Gasteiger partial charge in [-0.05, 0) is 137 Å². The molecule has 0 amide bonds. The molecule has 0 radical (unpaired) electrons. The molecule has 50 heavy (non-hydrogen) atoms. The number of benzene rings is 5. The van der Waals surface area contributed by atoms with Crippen molar-refractivity contribution in [2.75, 3.05) is 4.90 Å². The van der Waals surface area contributed by atoms with Crippen LogP contribution >= 0.6 is 0 Å². The summed E-state index contributed by atoms with van der Waals surface area (Å²) in [5, 5.41) is 2.26. The van der Waals surface area contributed by atoms with Gasteiger partial charge in [-0.1, -0.05) is 48.5 Å². The summed E-state index contributed by atoms with van der Waals surface area (Å²) < 4.78 is 2.34. The quantitative estimate of drug-likeness (QED) is 0.174. The minimum Gasteiger partial charge on any atom is -0.310 e. The third kappa shape index (κ3) is 5.37. The SMILES string of the molecule is c1ccc(N(c2ccccc2)c2ccc3c(c2)c2cnccc2n3-c2ccc(-c3cc(-c4ccncc4)cc(-c4ccncc4)c3)cc2)cc1. The Balaban J connectivity index is 1.15. The maximum atomic E-state index is 4.55. The zero-order valence-electron chi connectivity index (χ0n) is 27.1. The van der Waals surface area contributed by atoms with Gasteiger partial charge in [0, 0.05) is 70.7 Å². The van der Waals surface area contributed by atoms with Gasteiger partial charge in [0.15, 0.2) is 0 Å². The molecule has 5 nitrogen and oxygen atoms in total.